The van der Waals surface area contributed by atoms with Crippen LogP contribution >= 0.6 is 0 Å². The zero-order valence-corrected chi connectivity index (χ0v) is 31.1. The lowest BCUT2D eigenvalue weighted by Gasteiger charge is -2.64. The third-order valence-corrected chi connectivity index (χ3v) is 11.9. The second-order valence-corrected chi connectivity index (χ2v) is 17.1. The highest BCUT2D eigenvalue weighted by Gasteiger charge is 2.68. The van der Waals surface area contributed by atoms with Crippen LogP contribution in [0.4, 0.5) is 9.59 Å². The minimum atomic E-state index is -0.968. The molecule has 6 aliphatic rings. The lowest BCUT2D eigenvalue weighted by atomic mass is 9.43. The molecule has 5 fully saturated rings. The molecule has 0 unspecified atom stereocenters. The first-order chi connectivity index (χ1) is 23.4. The summed E-state index contributed by atoms with van der Waals surface area (Å²) in [6, 6.07) is 5.95. The highest BCUT2D eigenvalue weighted by molar-refractivity contribution is 6.47. The van der Waals surface area contributed by atoms with Crippen molar-refractivity contribution in [3.05, 3.63) is 35.4 Å². The average Bonchev–Trinajstić information content (AvgIpc) is 3.75. The van der Waals surface area contributed by atoms with Gasteiger partial charge in [0.1, 0.15) is 23.8 Å². The van der Waals surface area contributed by atoms with Gasteiger partial charge in [0, 0.05) is 19.5 Å². The maximum absolute atomic E-state index is 14.2. The Hall–Kier alpha value is -3.32. The van der Waals surface area contributed by atoms with Gasteiger partial charge in [0.2, 0.25) is 11.8 Å². The van der Waals surface area contributed by atoms with Crippen LogP contribution in [0.3, 0.4) is 0 Å². The van der Waals surface area contributed by atoms with Gasteiger partial charge in [0.15, 0.2) is 0 Å². The van der Waals surface area contributed by atoms with Gasteiger partial charge in [0.25, 0.3) is 0 Å². The van der Waals surface area contributed by atoms with Crippen molar-refractivity contribution in [3.8, 4) is 0 Å². The smallest absolute Gasteiger partial charge is 0.444 e. The molecular formula is C37H55BN4O8. The van der Waals surface area contributed by atoms with Crippen LogP contribution in [0.25, 0.3) is 0 Å². The van der Waals surface area contributed by atoms with Gasteiger partial charge in [-0.1, -0.05) is 58.9 Å². The van der Waals surface area contributed by atoms with E-state index >= 15 is 0 Å². The van der Waals surface area contributed by atoms with E-state index in [0.29, 0.717) is 31.3 Å². The molecule has 7 rings (SSSR count). The molecule has 2 N–H and O–H groups in total. The van der Waals surface area contributed by atoms with E-state index in [1.54, 1.807) is 25.7 Å². The number of likely N-dealkylation sites (tertiary alicyclic amines) is 1. The quantitative estimate of drug-likeness (QED) is 0.370. The van der Waals surface area contributed by atoms with E-state index in [-0.39, 0.29) is 36.3 Å². The van der Waals surface area contributed by atoms with Crippen molar-refractivity contribution < 1.29 is 38.0 Å². The molecule has 3 aliphatic heterocycles. The molecule has 13 heteroatoms. The summed E-state index contributed by atoms with van der Waals surface area (Å²) >= 11 is 0. The van der Waals surface area contributed by atoms with E-state index in [0.717, 1.165) is 24.0 Å². The molecule has 1 aromatic rings. The number of carbonyl (C=O) groups excluding carboxylic acids is 4. The van der Waals surface area contributed by atoms with E-state index in [2.05, 4.69) is 31.4 Å². The fourth-order valence-corrected chi connectivity index (χ4v) is 8.89. The summed E-state index contributed by atoms with van der Waals surface area (Å²) < 4.78 is 24.6. The number of nitrogens with zero attached hydrogens (tertiary/aromatic N) is 2. The molecule has 0 radical (unpaired) electrons. The summed E-state index contributed by atoms with van der Waals surface area (Å²) in [5, 5.41) is 5.87. The van der Waals surface area contributed by atoms with E-state index in [1.807, 2.05) is 45.0 Å². The summed E-state index contributed by atoms with van der Waals surface area (Å²) in [4.78, 5) is 57.7. The van der Waals surface area contributed by atoms with Gasteiger partial charge in [-0.05, 0) is 81.3 Å². The molecule has 1 aromatic carbocycles. The van der Waals surface area contributed by atoms with Gasteiger partial charge in [-0.15, -0.1) is 0 Å². The Bertz CT molecular complexity index is 1470. The molecule has 0 spiro atoms. The number of ether oxygens (including phenoxy) is 2. The fourth-order valence-electron chi connectivity index (χ4n) is 8.89. The first-order valence-electron chi connectivity index (χ1n) is 18.4. The predicted molar refractivity (Wildman–Crippen MR) is 186 cm³/mol. The minimum Gasteiger partial charge on any atom is -0.444 e. The largest absolute Gasteiger partial charge is 0.481 e. The molecule has 2 saturated heterocycles. The van der Waals surface area contributed by atoms with Crippen LogP contribution in [0.2, 0.25) is 0 Å². The first kappa shape index (κ1) is 36.5. The van der Waals surface area contributed by atoms with Gasteiger partial charge in [0.05, 0.1) is 24.2 Å². The minimum absolute atomic E-state index is 0.00812. The Balaban J connectivity index is 1.18. The van der Waals surface area contributed by atoms with E-state index in [1.165, 1.54) is 4.90 Å². The average molecular weight is 695 g/mol. The zero-order valence-electron chi connectivity index (χ0n) is 31.1. The molecule has 3 aliphatic carbocycles. The number of carbonyl (C=O) groups is 4. The van der Waals surface area contributed by atoms with Crippen molar-refractivity contribution in [1.82, 2.24) is 20.4 Å². The van der Waals surface area contributed by atoms with Gasteiger partial charge in [-0.2, -0.15) is 0 Å². The van der Waals surface area contributed by atoms with Crippen molar-refractivity contribution in [1.29, 1.82) is 0 Å². The van der Waals surface area contributed by atoms with Crippen molar-refractivity contribution in [2.75, 3.05) is 6.54 Å². The van der Waals surface area contributed by atoms with E-state index in [4.69, 9.17) is 18.8 Å². The maximum atomic E-state index is 14.2. The van der Waals surface area contributed by atoms with Crippen LogP contribution in [-0.2, 0) is 41.5 Å². The summed E-state index contributed by atoms with van der Waals surface area (Å²) in [7, 11) is -0.623. The van der Waals surface area contributed by atoms with Crippen LogP contribution in [0, 0.1) is 23.2 Å². The number of hydrogen-bond acceptors (Lipinski definition) is 8. The molecule has 3 heterocycles. The Morgan fingerprint density at radius 2 is 1.68 bits per heavy atom. The molecule has 274 valence electrons. The van der Waals surface area contributed by atoms with Crippen molar-refractivity contribution in [3.63, 3.8) is 0 Å². The monoisotopic (exact) mass is 694 g/mol. The summed E-state index contributed by atoms with van der Waals surface area (Å²) in [5.41, 5.74) is 1.12. The van der Waals surface area contributed by atoms with Gasteiger partial charge < -0.3 is 34.3 Å². The Kier molecular flexibility index (Phi) is 9.73. The second-order valence-electron chi connectivity index (χ2n) is 17.1. The highest BCUT2D eigenvalue weighted by atomic mass is 16.7. The van der Waals surface area contributed by atoms with Crippen LogP contribution < -0.4 is 10.6 Å². The third-order valence-electron chi connectivity index (χ3n) is 11.9. The molecule has 4 amide bonds. The number of rotatable bonds is 8. The van der Waals surface area contributed by atoms with Crippen molar-refractivity contribution >= 4 is 31.1 Å². The van der Waals surface area contributed by atoms with Crippen LogP contribution in [0.5, 0.6) is 0 Å². The van der Waals surface area contributed by atoms with Crippen LogP contribution in [0.1, 0.15) is 99.1 Å². The molecular weight excluding hydrogens is 639 g/mol. The number of hydrogen-bond donors (Lipinski definition) is 2. The fraction of sp³-hybridized carbons (Fsp3) is 0.730. The number of alkyl carbamates (subject to hydrolysis) is 1. The first-order valence-corrected chi connectivity index (χ1v) is 18.4. The van der Waals surface area contributed by atoms with Crippen molar-refractivity contribution in [2.45, 2.75) is 143 Å². The Morgan fingerprint density at radius 3 is 2.26 bits per heavy atom. The number of benzene rings is 1. The summed E-state index contributed by atoms with van der Waals surface area (Å²) in [5.74, 6) is -0.615. The Labute approximate surface area is 296 Å². The molecule has 50 heavy (non-hydrogen) atoms. The lowest BCUT2D eigenvalue weighted by Crippen LogP contribution is -2.65. The molecule has 12 nitrogen and oxygen atoms in total. The highest BCUT2D eigenvalue weighted by Crippen LogP contribution is 2.65. The second kappa shape index (κ2) is 13.3. The SMILES string of the molecule is CC[C@H](NC(=O)[C@@H]1C[C@@H](OC(=O)N2Cc3ccccc3C2)CN1C(=O)[C@@H](NC(=O)OC(C)(C)C)C(C)C)B1O[C@@H]2C[C@H]3C[C@H](C3(C)C)[C@]2(C)O1. The number of fused-ring (bicyclic) bond motifs is 1. The Morgan fingerprint density at radius 1 is 1.02 bits per heavy atom. The lowest BCUT2D eigenvalue weighted by molar-refractivity contribution is -0.199. The summed E-state index contributed by atoms with van der Waals surface area (Å²) in [6.45, 7) is 18.5. The third kappa shape index (κ3) is 6.84. The van der Waals surface area contributed by atoms with E-state index in [9.17, 15) is 19.2 Å². The predicted octanol–water partition coefficient (Wildman–Crippen LogP) is 4.82. The molecule has 8 atom stereocenters. The normalized spacial score (nSPS) is 30.6. The topological polar surface area (TPSA) is 136 Å². The maximum Gasteiger partial charge on any atom is 0.481 e. The van der Waals surface area contributed by atoms with Gasteiger partial charge in [-0.3, -0.25) is 14.5 Å². The molecule has 2 bridgehead atoms. The van der Waals surface area contributed by atoms with Gasteiger partial charge in [-0.25, -0.2) is 9.59 Å². The molecule has 0 aromatic heterocycles. The number of nitrogens with one attached hydrogen (secondary N) is 2. The zero-order chi connectivity index (χ0) is 36.3. The van der Waals surface area contributed by atoms with Crippen LogP contribution in [0.15, 0.2) is 24.3 Å². The summed E-state index contributed by atoms with van der Waals surface area (Å²) in [6.07, 6.45) is 0.740. The standard InChI is InChI=1S/C37H55BN4O8/c1-10-29(38-49-28-16-24-15-27(36(24,7)8)37(28,9)50-38)39-31(43)26-17-25(47-34(46)41-18-22-13-11-12-14-23(22)19-41)20-42(26)32(44)30(21(2)3)40-33(45)48-35(4,5)6/h11-14,21,24-30H,10,15-20H2,1-9H3,(H,39,43)(H,40,45)/t24-,25-,26+,27-,28-,29+,30+,37+/m1/s1. The van der Waals surface area contributed by atoms with Gasteiger partial charge >= 0.3 is 19.3 Å². The molecule has 3 saturated carbocycles. The number of amides is 4. The van der Waals surface area contributed by atoms with Crippen LogP contribution in [-0.4, -0.2) is 88.9 Å². The van der Waals surface area contributed by atoms with Crippen molar-refractivity contribution in [2.24, 2.45) is 23.2 Å². The van der Waals surface area contributed by atoms with E-state index < -0.39 is 60.5 Å².